The van der Waals surface area contributed by atoms with Crippen molar-refractivity contribution in [2.24, 2.45) is 0 Å². The molecule has 0 unspecified atom stereocenters. The quantitative estimate of drug-likeness (QED) is 0.529. The molecule has 0 aromatic heterocycles. The molecule has 0 fully saturated rings. The zero-order valence-electron chi connectivity index (χ0n) is 5.80. The Balaban J connectivity index is 3.14. The smallest absolute Gasteiger partial charge is 0.340 e. The summed E-state index contributed by atoms with van der Waals surface area (Å²) in [6, 6.07) is 4.40. The normalized spacial score (nSPS) is 11.3. The van der Waals surface area contributed by atoms with Crippen LogP contribution in [0.4, 0.5) is 13.2 Å². The van der Waals surface area contributed by atoms with Crippen molar-refractivity contribution < 1.29 is 23.3 Å². The van der Waals surface area contributed by atoms with Crippen LogP contribution in [0.25, 0.3) is 0 Å². The van der Waals surface area contributed by atoms with E-state index in [1.807, 2.05) is 0 Å². The Morgan fingerprint density at radius 3 is 2.17 bits per heavy atom. The molecule has 1 aromatic rings. The Bertz CT molecular complexity index is 270. The van der Waals surface area contributed by atoms with Crippen molar-refractivity contribution in [1.29, 1.82) is 0 Å². The van der Waals surface area contributed by atoms with Crippen LogP contribution in [-0.2, 0) is 6.18 Å². The number of hydrogen-bond acceptors (Lipinski definition) is 2. The van der Waals surface area contributed by atoms with Crippen LogP contribution in [0.5, 0.6) is 5.75 Å². The van der Waals surface area contributed by atoms with E-state index in [-0.39, 0.29) is 0 Å². The van der Waals surface area contributed by atoms with Crippen molar-refractivity contribution in [2.45, 2.75) is 6.18 Å². The lowest BCUT2D eigenvalue weighted by Crippen LogP contribution is -2.06. The molecule has 0 aliphatic carbocycles. The topological polar surface area (TPSA) is 29.5 Å². The molecule has 1 N–H and O–H groups in total. The first-order valence-corrected chi connectivity index (χ1v) is 3.03. The molecular weight excluding hydrogens is 173 g/mol. The van der Waals surface area contributed by atoms with Crippen LogP contribution in [-0.4, -0.2) is 5.26 Å². The summed E-state index contributed by atoms with van der Waals surface area (Å²) in [7, 11) is 0. The van der Waals surface area contributed by atoms with Gasteiger partial charge in [-0.15, -0.1) is 0 Å². The summed E-state index contributed by atoms with van der Waals surface area (Å²) >= 11 is 0. The molecule has 0 saturated carbocycles. The summed E-state index contributed by atoms with van der Waals surface area (Å²) < 4.78 is 36.1. The minimum Gasteiger partial charge on any atom is -0.340 e. The van der Waals surface area contributed by atoms with E-state index in [1.54, 1.807) is 0 Å². The van der Waals surface area contributed by atoms with Gasteiger partial charge in [-0.2, -0.15) is 13.2 Å². The van der Waals surface area contributed by atoms with Crippen molar-refractivity contribution in [2.75, 3.05) is 0 Å². The summed E-state index contributed by atoms with van der Waals surface area (Å²) in [6.45, 7) is 0. The van der Waals surface area contributed by atoms with Gasteiger partial charge < -0.3 is 4.89 Å². The zero-order chi connectivity index (χ0) is 9.19. The highest BCUT2D eigenvalue weighted by atomic mass is 19.4. The van der Waals surface area contributed by atoms with Gasteiger partial charge in [-0.1, -0.05) is 12.1 Å². The first-order chi connectivity index (χ1) is 5.55. The van der Waals surface area contributed by atoms with Crippen LogP contribution >= 0.6 is 0 Å². The van der Waals surface area contributed by atoms with Gasteiger partial charge in [0, 0.05) is 0 Å². The molecule has 66 valence electrons. The van der Waals surface area contributed by atoms with Crippen molar-refractivity contribution in [3.05, 3.63) is 29.8 Å². The van der Waals surface area contributed by atoms with Crippen LogP contribution in [0.1, 0.15) is 5.56 Å². The predicted molar refractivity (Wildman–Crippen MR) is 34.7 cm³/mol. The standard InChI is InChI=1S/C7H5F3O2/c8-7(9,10)5-3-1-2-4-6(5)12-11/h1-4,11H. The van der Waals surface area contributed by atoms with Crippen LogP contribution in [0.2, 0.25) is 0 Å². The van der Waals surface area contributed by atoms with Gasteiger partial charge in [-0.25, -0.2) is 5.26 Å². The lowest BCUT2D eigenvalue weighted by atomic mass is 10.2. The van der Waals surface area contributed by atoms with Crippen LogP contribution in [0.15, 0.2) is 24.3 Å². The Kier molecular flexibility index (Phi) is 2.23. The molecule has 2 nitrogen and oxygen atoms in total. The fourth-order valence-electron chi connectivity index (χ4n) is 0.780. The molecule has 0 aliphatic heterocycles. The van der Waals surface area contributed by atoms with Crippen LogP contribution in [0, 0.1) is 0 Å². The maximum Gasteiger partial charge on any atom is 0.420 e. The Hall–Kier alpha value is -1.23. The van der Waals surface area contributed by atoms with Crippen molar-refractivity contribution >= 4 is 0 Å². The van der Waals surface area contributed by atoms with Gasteiger partial charge in [-0.3, -0.25) is 0 Å². The number of hydrogen-bond donors (Lipinski definition) is 1. The Labute approximate surface area is 66.1 Å². The minimum absolute atomic E-state index is 0.593. The fourth-order valence-corrected chi connectivity index (χ4v) is 0.780. The zero-order valence-corrected chi connectivity index (χ0v) is 5.80. The number of para-hydroxylation sites is 1. The van der Waals surface area contributed by atoms with Gasteiger partial charge in [0.25, 0.3) is 0 Å². The van der Waals surface area contributed by atoms with Crippen molar-refractivity contribution in [3.63, 3.8) is 0 Å². The highest BCUT2D eigenvalue weighted by Gasteiger charge is 2.34. The molecule has 0 amide bonds. The molecule has 12 heavy (non-hydrogen) atoms. The summed E-state index contributed by atoms with van der Waals surface area (Å²) in [5, 5.41) is 8.08. The third-order valence-corrected chi connectivity index (χ3v) is 1.29. The van der Waals surface area contributed by atoms with Crippen LogP contribution < -0.4 is 4.89 Å². The monoisotopic (exact) mass is 178 g/mol. The van der Waals surface area contributed by atoms with E-state index < -0.39 is 17.5 Å². The summed E-state index contributed by atoms with van der Waals surface area (Å²) in [5.41, 5.74) is -0.993. The summed E-state index contributed by atoms with van der Waals surface area (Å²) in [5.74, 6) is -0.593. The summed E-state index contributed by atoms with van der Waals surface area (Å²) in [6.07, 6.45) is -4.50. The predicted octanol–water partition coefficient (Wildman–Crippen LogP) is 2.56. The van der Waals surface area contributed by atoms with E-state index >= 15 is 0 Å². The second kappa shape index (κ2) is 3.02. The van der Waals surface area contributed by atoms with Gasteiger partial charge in [0.2, 0.25) is 0 Å². The molecule has 1 rings (SSSR count). The van der Waals surface area contributed by atoms with Gasteiger partial charge in [0.1, 0.15) is 5.56 Å². The lowest BCUT2D eigenvalue weighted by molar-refractivity contribution is -0.162. The molecule has 0 atom stereocenters. The fraction of sp³-hybridized carbons (Fsp3) is 0.143. The maximum absolute atomic E-state index is 12.0. The average Bonchev–Trinajstić information content (AvgIpc) is 2.03. The number of halogens is 3. The van der Waals surface area contributed by atoms with Crippen molar-refractivity contribution in [1.82, 2.24) is 0 Å². The molecule has 0 radical (unpaired) electrons. The van der Waals surface area contributed by atoms with E-state index in [0.717, 1.165) is 12.1 Å². The molecule has 5 heteroatoms. The van der Waals surface area contributed by atoms with Gasteiger partial charge in [0.15, 0.2) is 5.75 Å². The highest BCUT2D eigenvalue weighted by Crippen LogP contribution is 2.35. The van der Waals surface area contributed by atoms with Crippen molar-refractivity contribution in [3.8, 4) is 5.75 Å². The molecule has 1 aromatic carbocycles. The Morgan fingerprint density at radius 2 is 1.75 bits per heavy atom. The van der Waals surface area contributed by atoms with E-state index in [1.165, 1.54) is 12.1 Å². The first kappa shape index (κ1) is 8.86. The molecule has 0 spiro atoms. The molecule has 0 heterocycles. The van der Waals surface area contributed by atoms with E-state index in [9.17, 15) is 13.2 Å². The molecule has 0 bridgehead atoms. The minimum atomic E-state index is -4.50. The second-order valence-electron chi connectivity index (χ2n) is 2.09. The van der Waals surface area contributed by atoms with E-state index in [2.05, 4.69) is 4.89 Å². The van der Waals surface area contributed by atoms with E-state index in [4.69, 9.17) is 5.26 Å². The summed E-state index contributed by atoms with van der Waals surface area (Å²) in [4.78, 5) is 3.55. The average molecular weight is 178 g/mol. The SMILES string of the molecule is OOc1ccccc1C(F)(F)F. The third-order valence-electron chi connectivity index (χ3n) is 1.29. The third kappa shape index (κ3) is 1.68. The van der Waals surface area contributed by atoms with E-state index in [0.29, 0.717) is 0 Å². The first-order valence-electron chi connectivity index (χ1n) is 3.03. The lowest BCUT2D eigenvalue weighted by Gasteiger charge is -2.08. The number of benzene rings is 1. The van der Waals surface area contributed by atoms with Gasteiger partial charge in [0.05, 0.1) is 0 Å². The Morgan fingerprint density at radius 1 is 1.17 bits per heavy atom. The number of alkyl halides is 3. The van der Waals surface area contributed by atoms with Crippen LogP contribution in [0.3, 0.4) is 0 Å². The van der Waals surface area contributed by atoms with Gasteiger partial charge >= 0.3 is 6.18 Å². The largest absolute Gasteiger partial charge is 0.420 e. The number of rotatable bonds is 1. The van der Waals surface area contributed by atoms with Gasteiger partial charge in [-0.05, 0) is 12.1 Å². The molecule has 0 aliphatic rings. The molecular formula is C7H5F3O2. The second-order valence-corrected chi connectivity index (χ2v) is 2.09. The maximum atomic E-state index is 12.0. The highest BCUT2D eigenvalue weighted by molar-refractivity contribution is 5.34. The molecule has 0 saturated heterocycles.